The number of nitrogens with zero attached hydrogens (tertiary/aromatic N) is 2. The molecule has 1 atom stereocenters. The number of carbonyl (C=O) groups excluding carboxylic acids is 1. The van der Waals surface area contributed by atoms with Gasteiger partial charge in [0.2, 0.25) is 0 Å². The average molecular weight is 304 g/mol. The van der Waals surface area contributed by atoms with Crippen molar-refractivity contribution in [1.29, 1.82) is 0 Å². The van der Waals surface area contributed by atoms with E-state index in [1.54, 1.807) is 17.8 Å². The first kappa shape index (κ1) is 14.2. The van der Waals surface area contributed by atoms with Crippen LogP contribution in [-0.2, 0) is 16.1 Å². The Bertz CT molecular complexity index is 354. The fourth-order valence-corrected chi connectivity index (χ4v) is 1.74. The van der Waals surface area contributed by atoms with Crippen LogP contribution in [0.5, 0.6) is 0 Å². The van der Waals surface area contributed by atoms with Crippen LogP contribution in [-0.4, -0.2) is 34.9 Å². The summed E-state index contributed by atoms with van der Waals surface area (Å²) in [4.78, 5) is 11.7. The summed E-state index contributed by atoms with van der Waals surface area (Å²) in [6.45, 7) is 5.52. The Morgan fingerprint density at radius 2 is 2.41 bits per heavy atom. The molecule has 0 aromatic carbocycles. The molecule has 1 unspecified atom stereocenters. The lowest BCUT2D eigenvalue weighted by Gasteiger charge is -2.16. The first-order valence-electron chi connectivity index (χ1n) is 5.75. The largest absolute Gasteiger partial charge is 0.465 e. The molecule has 17 heavy (non-hydrogen) atoms. The van der Waals surface area contributed by atoms with E-state index in [0.29, 0.717) is 13.2 Å². The molecule has 0 radical (unpaired) electrons. The summed E-state index contributed by atoms with van der Waals surface area (Å²) in [5, 5.41) is 7.29. The highest BCUT2D eigenvalue weighted by Gasteiger charge is 2.19. The predicted octanol–water partition coefficient (Wildman–Crippen LogP) is 1.58. The van der Waals surface area contributed by atoms with Gasteiger partial charge in [-0.05, 0) is 35.8 Å². The van der Waals surface area contributed by atoms with Crippen LogP contribution in [0.15, 0.2) is 16.9 Å². The van der Waals surface area contributed by atoms with Crippen molar-refractivity contribution >= 4 is 21.9 Å². The Balaban J connectivity index is 2.59. The van der Waals surface area contributed by atoms with E-state index >= 15 is 0 Å². The van der Waals surface area contributed by atoms with Gasteiger partial charge in [-0.1, -0.05) is 6.92 Å². The summed E-state index contributed by atoms with van der Waals surface area (Å²) in [5.74, 6) is -0.229. The van der Waals surface area contributed by atoms with Crippen molar-refractivity contribution < 1.29 is 9.53 Å². The first-order valence-corrected chi connectivity index (χ1v) is 6.54. The highest BCUT2D eigenvalue weighted by molar-refractivity contribution is 9.10. The van der Waals surface area contributed by atoms with E-state index in [0.717, 1.165) is 17.4 Å². The van der Waals surface area contributed by atoms with Gasteiger partial charge >= 0.3 is 5.97 Å². The maximum absolute atomic E-state index is 11.7. The van der Waals surface area contributed by atoms with Crippen molar-refractivity contribution in [2.75, 3.05) is 13.2 Å². The summed E-state index contributed by atoms with van der Waals surface area (Å²) in [5.41, 5.74) is 0. The monoisotopic (exact) mass is 303 g/mol. The Hall–Kier alpha value is -0.880. The molecule has 0 fully saturated rings. The molecule has 1 heterocycles. The standard InChI is InChI=1S/C11H18BrN3O2/c1-3-5-13-10(11(16)17-4-2)8-15-7-9(12)6-14-15/h6-7,10,13H,3-5,8H2,1-2H3. The van der Waals surface area contributed by atoms with Crippen molar-refractivity contribution in [3.05, 3.63) is 16.9 Å². The fourth-order valence-electron chi connectivity index (χ4n) is 1.41. The van der Waals surface area contributed by atoms with E-state index < -0.39 is 0 Å². The molecule has 1 N–H and O–H groups in total. The van der Waals surface area contributed by atoms with Gasteiger partial charge in [0.25, 0.3) is 0 Å². The number of rotatable bonds is 7. The van der Waals surface area contributed by atoms with Crippen LogP contribution in [0.1, 0.15) is 20.3 Å². The van der Waals surface area contributed by atoms with Crippen LogP contribution in [0.2, 0.25) is 0 Å². The predicted molar refractivity (Wildman–Crippen MR) is 68.6 cm³/mol. The van der Waals surface area contributed by atoms with Crippen LogP contribution < -0.4 is 5.32 Å². The molecular formula is C11H18BrN3O2. The summed E-state index contributed by atoms with van der Waals surface area (Å²) in [6, 6.07) is -0.346. The molecule has 96 valence electrons. The molecule has 1 aromatic heterocycles. The third-order valence-corrected chi connectivity index (χ3v) is 2.59. The topological polar surface area (TPSA) is 56.2 Å². The maximum atomic E-state index is 11.7. The molecule has 1 rings (SSSR count). The van der Waals surface area contributed by atoms with E-state index in [-0.39, 0.29) is 12.0 Å². The molecule has 0 aliphatic rings. The van der Waals surface area contributed by atoms with E-state index in [1.807, 2.05) is 6.20 Å². The zero-order chi connectivity index (χ0) is 12.7. The third-order valence-electron chi connectivity index (χ3n) is 2.18. The van der Waals surface area contributed by atoms with Crippen LogP contribution in [0.3, 0.4) is 0 Å². The number of nitrogens with one attached hydrogen (secondary N) is 1. The SMILES string of the molecule is CCCNC(Cn1cc(Br)cn1)C(=O)OCC. The molecule has 0 saturated heterocycles. The van der Waals surface area contributed by atoms with Gasteiger partial charge in [0, 0.05) is 6.20 Å². The second-order valence-corrected chi connectivity index (χ2v) is 4.56. The number of esters is 1. The number of halogens is 1. The molecule has 0 spiro atoms. The van der Waals surface area contributed by atoms with Crippen molar-refractivity contribution in [2.24, 2.45) is 0 Å². The number of hydrogen-bond donors (Lipinski definition) is 1. The molecular weight excluding hydrogens is 286 g/mol. The highest BCUT2D eigenvalue weighted by atomic mass is 79.9. The number of hydrogen-bond acceptors (Lipinski definition) is 4. The van der Waals surface area contributed by atoms with Crippen LogP contribution in [0, 0.1) is 0 Å². The molecule has 0 amide bonds. The van der Waals surface area contributed by atoms with Gasteiger partial charge in [0.15, 0.2) is 0 Å². The van der Waals surface area contributed by atoms with Gasteiger partial charge in [0.1, 0.15) is 6.04 Å². The lowest BCUT2D eigenvalue weighted by Crippen LogP contribution is -2.41. The van der Waals surface area contributed by atoms with Crippen molar-refractivity contribution in [3.8, 4) is 0 Å². The Kier molecular flexibility index (Phi) is 6.21. The Morgan fingerprint density at radius 1 is 1.65 bits per heavy atom. The highest BCUT2D eigenvalue weighted by Crippen LogP contribution is 2.07. The smallest absolute Gasteiger partial charge is 0.325 e. The van der Waals surface area contributed by atoms with Crippen LogP contribution in [0.25, 0.3) is 0 Å². The fraction of sp³-hybridized carbons (Fsp3) is 0.636. The normalized spacial score (nSPS) is 12.4. The minimum Gasteiger partial charge on any atom is -0.465 e. The number of carbonyl (C=O) groups is 1. The summed E-state index contributed by atoms with van der Waals surface area (Å²) in [6.07, 6.45) is 4.50. The number of aromatic nitrogens is 2. The minimum absolute atomic E-state index is 0.229. The zero-order valence-electron chi connectivity index (χ0n) is 10.1. The summed E-state index contributed by atoms with van der Waals surface area (Å²) >= 11 is 3.32. The molecule has 1 aromatic rings. The number of ether oxygens (including phenoxy) is 1. The third kappa shape index (κ3) is 4.87. The lowest BCUT2D eigenvalue weighted by atomic mass is 10.3. The molecule has 0 aliphatic carbocycles. The summed E-state index contributed by atoms with van der Waals surface area (Å²) < 4.78 is 7.64. The van der Waals surface area contributed by atoms with Crippen molar-refractivity contribution in [1.82, 2.24) is 15.1 Å². The van der Waals surface area contributed by atoms with Gasteiger partial charge in [-0.15, -0.1) is 0 Å². The van der Waals surface area contributed by atoms with E-state index in [1.165, 1.54) is 0 Å². The lowest BCUT2D eigenvalue weighted by molar-refractivity contribution is -0.146. The molecule has 6 heteroatoms. The van der Waals surface area contributed by atoms with Gasteiger partial charge in [-0.3, -0.25) is 9.48 Å². The van der Waals surface area contributed by atoms with Gasteiger partial charge in [-0.25, -0.2) is 0 Å². The van der Waals surface area contributed by atoms with Crippen LogP contribution in [0.4, 0.5) is 0 Å². The molecule has 0 aliphatic heterocycles. The van der Waals surface area contributed by atoms with Crippen LogP contribution >= 0.6 is 15.9 Å². The van der Waals surface area contributed by atoms with Crippen molar-refractivity contribution in [2.45, 2.75) is 32.9 Å². The van der Waals surface area contributed by atoms with Gasteiger partial charge < -0.3 is 10.1 Å². The zero-order valence-corrected chi connectivity index (χ0v) is 11.7. The summed E-state index contributed by atoms with van der Waals surface area (Å²) in [7, 11) is 0. The van der Waals surface area contributed by atoms with E-state index in [4.69, 9.17) is 4.74 Å². The Labute approximate surface area is 110 Å². The quantitative estimate of drug-likeness (QED) is 0.777. The molecule has 0 bridgehead atoms. The first-order chi connectivity index (χ1) is 8.17. The molecule has 5 nitrogen and oxygen atoms in total. The Morgan fingerprint density at radius 3 is 2.94 bits per heavy atom. The minimum atomic E-state index is -0.346. The second kappa shape index (κ2) is 7.45. The average Bonchev–Trinajstić information content (AvgIpc) is 2.70. The van der Waals surface area contributed by atoms with E-state index in [2.05, 4.69) is 33.3 Å². The second-order valence-electron chi connectivity index (χ2n) is 3.64. The molecule has 0 saturated carbocycles. The van der Waals surface area contributed by atoms with Gasteiger partial charge in [-0.2, -0.15) is 5.10 Å². The van der Waals surface area contributed by atoms with Crippen molar-refractivity contribution in [3.63, 3.8) is 0 Å². The van der Waals surface area contributed by atoms with Gasteiger partial charge in [0.05, 0.1) is 23.8 Å². The van der Waals surface area contributed by atoms with E-state index in [9.17, 15) is 4.79 Å². The maximum Gasteiger partial charge on any atom is 0.325 e.